The Kier molecular flexibility index (Phi) is 5.22. The second-order valence-corrected chi connectivity index (χ2v) is 6.44. The molecular weight excluding hydrogens is 350 g/mol. The number of benzene rings is 3. The highest BCUT2D eigenvalue weighted by molar-refractivity contribution is 6.15. The third kappa shape index (κ3) is 3.76. The summed E-state index contributed by atoms with van der Waals surface area (Å²) in [7, 11) is 0. The van der Waals surface area contributed by atoms with E-state index >= 15 is 0 Å². The standard InChI is InChI=1S/C22H21N5O/c1-13-9-20(25)15(12-23)10-17(13)22(28)27-16-7-8-19(24)18(11-16)21(26)14-5-3-2-4-6-14/h2-12,23,26H,24-25H2,1H3,(H,27,28). The van der Waals surface area contributed by atoms with Gasteiger partial charge in [0.15, 0.2) is 0 Å². The van der Waals surface area contributed by atoms with Gasteiger partial charge in [0.05, 0.1) is 5.71 Å². The first-order valence-corrected chi connectivity index (χ1v) is 8.66. The molecule has 3 aromatic carbocycles. The molecule has 0 saturated carbocycles. The Morgan fingerprint density at radius 2 is 1.68 bits per heavy atom. The van der Waals surface area contributed by atoms with E-state index in [1.807, 2.05) is 30.3 Å². The minimum Gasteiger partial charge on any atom is -0.398 e. The van der Waals surface area contributed by atoms with Gasteiger partial charge in [0, 0.05) is 45.5 Å². The highest BCUT2D eigenvalue weighted by atomic mass is 16.1. The van der Waals surface area contributed by atoms with E-state index < -0.39 is 0 Å². The summed E-state index contributed by atoms with van der Waals surface area (Å²) in [6.45, 7) is 1.79. The number of hydrogen-bond acceptors (Lipinski definition) is 5. The van der Waals surface area contributed by atoms with Crippen LogP contribution < -0.4 is 16.8 Å². The third-order valence-electron chi connectivity index (χ3n) is 4.47. The molecule has 0 aliphatic heterocycles. The van der Waals surface area contributed by atoms with Gasteiger partial charge >= 0.3 is 0 Å². The van der Waals surface area contributed by atoms with Crippen molar-refractivity contribution in [1.82, 2.24) is 0 Å². The van der Waals surface area contributed by atoms with E-state index in [0.29, 0.717) is 39.3 Å². The van der Waals surface area contributed by atoms with Gasteiger partial charge in [0.1, 0.15) is 0 Å². The summed E-state index contributed by atoms with van der Waals surface area (Å²) >= 11 is 0. The van der Waals surface area contributed by atoms with Crippen LogP contribution in [-0.4, -0.2) is 17.8 Å². The minimum absolute atomic E-state index is 0.281. The maximum absolute atomic E-state index is 12.7. The van der Waals surface area contributed by atoms with Gasteiger partial charge in [-0.15, -0.1) is 0 Å². The number of carbonyl (C=O) groups is 1. The Morgan fingerprint density at radius 3 is 2.36 bits per heavy atom. The Balaban J connectivity index is 1.91. The van der Waals surface area contributed by atoms with Crippen LogP contribution in [0.5, 0.6) is 0 Å². The smallest absolute Gasteiger partial charge is 0.255 e. The number of nitrogen functional groups attached to an aromatic ring is 2. The van der Waals surface area contributed by atoms with Crippen LogP contribution in [-0.2, 0) is 0 Å². The van der Waals surface area contributed by atoms with E-state index in [1.54, 1.807) is 37.3 Å². The second-order valence-electron chi connectivity index (χ2n) is 6.44. The number of nitrogens with one attached hydrogen (secondary N) is 3. The van der Waals surface area contributed by atoms with Gasteiger partial charge in [-0.1, -0.05) is 30.3 Å². The molecule has 0 fully saturated rings. The molecule has 0 saturated heterocycles. The van der Waals surface area contributed by atoms with Gasteiger partial charge in [-0.2, -0.15) is 0 Å². The van der Waals surface area contributed by atoms with Crippen molar-refractivity contribution in [3.63, 3.8) is 0 Å². The monoisotopic (exact) mass is 371 g/mol. The lowest BCUT2D eigenvalue weighted by Crippen LogP contribution is -2.15. The van der Waals surface area contributed by atoms with Gasteiger partial charge in [0.2, 0.25) is 0 Å². The van der Waals surface area contributed by atoms with E-state index in [9.17, 15) is 4.79 Å². The lowest BCUT2D eigenvalue weighted by atomic mass is 10.00. The lowest BCUT2D eigenvalue weighted by molar-refractivity contribution is 0.102. The summed E-state index contributed by atoms with van der Waals surface area (Å²) in [5.41, 5.74) is 16.6. The maximum atomic E-state index is 12.7. The van der Waals surface area contributed by atoms with E-state index in [-0.39, 0.29) is 11.6 Å². The molecule has 6 nitrogen and oxygen atoms in total. The lowest BCUT2D eigenvalue weighted by Gasteiger charge is -2.13. The molecular formula is C22H21N5O. The van der Waals surface area contributed by atoms with Crippen LogP contribution in [0, 0.1) is 17.7 Å². The van der Waals surface area contributed by atoms with Gasteiger partial charge < -0.3 is 22.2 Å². The van der Waals surface area contributed by atoms with E-state index in [1.165, 1.54) is 0 Å². The average molecular weight is 371 g/mol. The average Bonchev–Trinajstić information content (AvgIpc) is 2.69. The van der Waals surface area contributed by atoms with Crippen molar-refractivity contribution >= 4 is 34.9 Å². The SMILES string of the molecule is Cc1cc(N)c(C=N)cc1C(=O)Nc1ccc(N)c(C(=N)c2ccccc2)c1. The zero-order chi connectivity index (χ0) is 20.3. The van der Waals surface area contributed by atoms with Gasteiger partial charge in [0.25, 0.3) is 5.91 Å². The first-order chi connectivity index (χ1) is 13.4. The molecule has 140 valence electrons. The summed E-state index contributed by atoms with van der Waals surface area (Å²) in [4.78, 5) is 12.7. The third-order valence-corrected chi connectivity index (χ3v) is 4.47. The van der Waals surface area contributed by atoms with Crippen LogP contribution >= 0.6 is 0 Å². The van der Waals surface area contributed by atoms with Gasteiger partial charge in [-0.25, -0.2) is 0 Å². The van der Waals surface area contributed by atoms with Crippen LogP contribution in [0.3, 0.4) is 0 Å². The molecule has 0 spiro atoms. The Morgan fingerprint density at radius 1 is 0.964 bits per heavy atom. The molecule has 3 rings (SSSR count). The van der Waals surface area contributed by atoms with Crippen molar-refractivity contribution in [2.75, 3.05) is 16.8 Å². The molecule has 0 unspecified atom stereocenters. The van der Waals surface area contributed by atoms with Crippen molar-refractivity contribution in [2.45, 2.75) is 6.92 Å². The number of aryl methyl sites for hydroxylation is 1. The van der Waals surface area contributed by atoms with Gasteiger partial charge in [-0.3, -0.25) is 10.2 Å². The van der Waals surface area contributed by atoms with Crippen LogP contribution in [0.4, 0.5) is 17.1 Å². The summed E-state index contributed by atoms with van der Waals surface area (Å²) < 4.78 is 0. The van der Waals surface area contributed by atoms with E-state index in [2.05, 4.69) is 5.32 Å². The Bertz CT molecular complexity index is 1070. The van der Waals surface area contributed by atoms with Crippen molar-refractivity contribution in [1.29, 1.82) is 10.8 Å². The number of hydrogen-bond donors (Lipinski definition) is 5. The van der Waals surface area contributed by atoms with Crippen LogP contribution in [0.25, 0.3) is 0 Å². The van der Waals surface area contributed by atoms with E-state index in [0.717, 1.165) is 11.8 Å². The number of nitrogens with two attached hydrogens (primary N) is 2. The number of rotatable bonds is 5. The predicted molar refractivity (Wildman–Crippen MR) is 115 cm³/mol. The molecule has 0 aromatic heterocycles. The molecule has 6 heteroatoms. The molecule has 0 heterocycles. The van der Waals surface area contributed by atoms with Gasteiger partial charge in [-0.05, 0) is 42.8 Å². The zero-order valence-corrected chi connectivity index (χ0v) is 15.4. The zero-order valence-electron chi connectivity index (χ0n) is 15.4. The second kappa shape index (κ2) is 7.75. The number of anilines is 3. The summed E-state index contributed by atoms with van der Waals surface area (Å²) in [6, 6.07) is 17.6. The molecule has 28 heavy (non-hydrogen) atoms. The summed E-state index contributed by atoms with van der Waals surface area (Å²) in [6.07, 6.45) is 1.12. The van der Waals surface area contributed by atoms with Crippen LogP contribution in [0.15, 0.2) is 60.7 Å². The number of carbonyl (C=O) groups excluding carboxylic acids is 1. The minimum atomic E-state index is -0.317. The molecule has 0 aliphatic carbocycles. The van der Waals surface area contributed by atoms with E-state index in [4.69, 9.17) is 22.3 Å². The molecule has 0 radical (unpaired) electrons. The first kappa shape index (κ1) is 18.8. The fourth-order valence-electron chi connectivity index (χ4n) is 2.93. The molecule has 3 aromatic rings. The first-order valence-electron chi connectivity index (χ1n) is 8.66. The van der Waals surface area contributed by atoms with Crippen molar-refractivity contribution in [3.05, 3.63) is 88.5 Å². The maximum Gasteiger partial charge on any atom is 0.255 e. The molecule has 0 bridgehead atoms. The molecule has 0 atom stereocenters. The Labute approximate surface area is 163 Å². The summed E-state index contributed by atoms with van der Waals surface area (Å²) in [5, 5.41) is 18.7. The normalized spacial score (nSPS) is 10.3. The highest BCUT2D eigenvalue weighted by Crippen LogP contribution is 2.23. The summed E-state index contributed by atoms with van der Waals surface area (Å²) in [5.74, 6) is -0.317. The molecule has 1 amide bonds. The van der Waals surface area contributed by atoms with Crippen molar-refractivity contribution in [2.24, 2.45) is 0 Å². The predicted octanol–water partition coefficient (Wildman–Crippen LogP) is 3.83. The number of amides is 1. The largest absolute Gasteiger partial charge is 0.398 e. The van der Waals surface area contributed by atoms with Crippen LogP contribution in [0.1, 0.15) is 32.6 Å². The topological polar surface area (TPSA) is 129 Å². The fourth-order valence-corrected chi connectivity index (χ4v) is 2.93. The molecule has 7 N–H and O–H groups in total. The molecule has 0 aliphatic rings. The van der Waals surface area contributed by atoms with Crippen molar-refractivity contribution < 1.29 is 4.79 Å². The fraction of sp³-hybridized carbons (Fsp3) is 0.0455. The quantitative estimate of drug-likeness (QED) is 0.345. The van der Waals surface area contributed by atoms with Crippen molar-refractivity contribution in [3.8, 4) is 0 Å². The highest BCUT2D eigenvalue weighted by Gasteiger charge is 2.14. The Hall–Kier alpha value is -3.93. The van der Waals surface area contributed by atoms with Crippen LogP contribution in [0.2, 0.25) is 0 Å².